The van der Waals surface area contributed by atoms with Crippen molar-refractivity contribution in [1.82, 2.24) is 15.2 Å². The Hall–Kier alpha value is -2.50. The van der Waals surface area contributed by atoms with Gasteiger partial charge in [0, 0.05) is 16.1 Å². The van der Waals surface area contributed by atoms with Crippen molar-refractivity contribution in [3.63, 3.8) is 0 Å². The van der Waals surface area contributed by atoms with Crippen molar-refractivity contribution in [3.8, 4) is 11.1 Å². The molecule has 2 heterocycles. The molecule has 0 spiro atoms. The van der Waals surface area contributed by atoms with Crippen molar-refractivity contribution in [2.75, 3.05) is 13.1 Å². The molecule has 1 fully saturated rings. The molecule has 7 heteroatoms. The van der Waals surface area contributed by atoms with Gasteiger partial charge in [-0.25, -0.2) is 5.32 Å². The summed E-state index contributed by atoms with van der Waals surface area (Å²) < 4.78 is 1.69. The van der Waals surface area contributed by atoms with E-state index in [2.05, 4.69) is 28.8 Å². The van der Waals surface area contributed by atoms with Crippen LogP contribution in [-0.4, -0.2) is 24.2 Å². The number of aliphatic hydroxyl groups excluding tert-OH is 1. The monoisotopic (exact) mass is 498 g/mol. The number of para-hydroxylation sites is 1. The fourth-order valence-electron chi connectivity index (χ4n) is 4.48. The molecule has 4 nitrogen and oxygen atoms in total. The maximum atomic E-state index is 10.9. The molecule has 5 rings (SSSR count). The number of hydrogen-bond donors (Lipinski definition) is 3. The maximum absolute atomic E-state index is 10.9. The summed E-state index contributed by atoms with van der Waals surface area (Å²) in [6.45, 7) is 2.41. The summed E-state index contributed by atoms with van der Waals surface area (Å²) in [6, 6.07) is 17.4. The number of hydrogen-bond acceptors (Lipinski definition) is 2. The van der Waals surface area contributed by atoms with Crippen LogP contribution in [0.3, 0.4) is 0 Å². The standard InChI is InChI=1S/C26H22Cl3N3O/c27-21-5-2-1-4-18(21)19-13-17(12-16-8-10-30-11-9-16)14-24-20(19)15-31-26(33)32(24)25-22(28)6-3-7-23(25)29/h1-7,12-14,30H,8-11,15H2,(H,31,33)/p+1. The molecule has 33 heavy (non-hydrogen) atoms. The minimum atomic E-state index is -0.0192. The lowest BCUT2D eigenvalue weighted by Crippen LogP contribution is -2.36. The Morgan fingerprint density at radius 1 is 0.848 bits per heavy atom. The van der Waals surface area contributed by atoms with E-state index >= 15 is 0 Å². The first-order chi connectivity index (χ1) is 16.0. The first-order valence-electron chi connectivity index (χ1n) is 10.9. The average molecular weight is 500 g/mol. The minimum absolute atomic E-state index is 0.0192. The number of rotatable bonds is 3. The number of nitrogens with one attached hydrogen (secondary N) is 2. The van der Waals surface area contributed by atoms with E-state index in [1.54, 1.807) is 22.8 Å². The zero-order valence-corrected chi connectivity index (χ0v) is 20.1. The van der Waals surface area contributed by atoms with Crippen LogP contribution >= 0.6 is 34.8 Å². The summed E-state index contributed by atoms with van der Waals surface area (Å²) in [5.41, 5.74) is 6.74. The Morgan fingerprint density at radius 2 is 1.55 bits per heavy atom. The molecule has 2 aliphatic rings. The second-order valence-electron chi connectivity index (χ2n) is 8.18. The third kappa shape index (κ3) is 4.36. The Labute approximate surface area is 208 Å². The van der Waals surface area contributed by atoms with Gasteiger partial charge in [0.05, 0.1) is 10.0 Å². The van der Waals surface area contributed by atoms with Crippen LogP contribution in [0.2, 0.25) is 15.1 Å². The molecular weight excluding hydrogens is 477 g/mol. The SMILES string of the molecule is OC1=[N+](c2c(Cl)cccc2Cl)c2cc(C=C3CCNCC3)cc(-c3ccccc3Cl)c2CN1. The molecule has 0 radical (unpaired) electrons. The Balaban J connectivity index is 1.78. The van der Waals surface area contributed by atoms with Crippen molar-refractivity contribution in [2.24, 2.45) is 0 Å². The smallest absolute Gasteiger partial charge is 0.446 e. The van der Waals surface area contributed by atoms with Crippen molar-refractivity contribution in [3.05, 3.63) is 86.4 Å². The van der Waals surface area contributed by atoms with E-state index in [1.165, 1.54) is 5.57 Å². The topological polar surface area (TPSA) is 47.3 Å². The van der Waals surface area contributed by atoms with Gasteiger partial charge in [0.2, 0.25) is 0 Å². The molecule has 0 bridgehead atoms. The van der Waals surface area contributed by atoms with Gasteiger partial charge in [-0.3, -0.25) is 0 Å². The van der Waals surface area contributed by atoms with Gasteiger partial charge < -0.3 is 10.4 Å². The lowest BCUT2D eigenvalue weighted by Gasteiger charge is -2.22. The maximum Gasteiger partial charge on any atom is 0.452 e. The zero-order chi connectivity index (χ0) is 22.9. The van der Waals surface area contributed by atoms with Crippen molar-refractivity contribution < 1.29 is 5.11 Å². The van der Waals surface area contributed by atoms with Crippen molar-refractivity contribution in [1.29, 1.82) is 0 Å². The number of nitrogens with zero attached hydrogens (tertiary/aromatic N) is 1. The number of aliphatic hydroxyl groups is 1. The summed E-state index contributed by atoms with van der Waals surface area (Å²) >= 11 is 19.7. The van der Waals surface area contributed by atoms with Gasteiger partial charge >= 0.3 is 6.02 Å². The Kier molecular flexibility index (Phi) is 6.35. The molecule has 0 unspecified atom stereocenters. The molecular formula is C26H23Cl3N3O+. The van der Waals surface area contributed by atoms with Gasteiger partial charge in [-0.2, -0.15) is 4.58 Å². The number of piperidine rings is 1. The quantitative estimate of drug-likeness (QED) is 0.342. The van der Waals surface area contributed by atoms with Gasteiger partial charge in [0.25, 0.3) is 0 Å². The predicted molar refractivity (Wildman–Crippen MR) is 139 cm³/mol. The lowest BCUT2D eigenvalue weighted by molar-refractivity contribution is 0.490. The normalized spacial score (nSPS) is 15.8. The second kappa shape index (κ2) is 9.40. The Morgan fingerprint density at radius 3 is 2.27 bits per heavy atom. The van der Waals surface area contributed by atoms with Crippen molar-refractivity contribution in [2.45, 2.75) is 19.4 Å². The average Bonchev–Trinajstić information content (AvgIpc) is 2.81. The molecule has 3 aromatic rings. The molecule has 0 atom stereocenters. The van der Waals surface area contributed by atoms with E-state index < -0.39 is 0 Å². The highest BCUT2D eigenvalue weighted by Gasteiger charge is 2.32. The summed E-state index contributed by atoms with van der Waals surface area (Å²) in [6.07, 6.45) is 4.27. The van der Waals surface area contributed by atoms with Gasteiger partial charge in [-0.1, -0.05) is 70.7 Å². The van der Waals surface area contributed by atoms with Gasteiger partial charge in [0.15, 0.2) is 5.69 Å². The Bertz CT molecular complexity index is 1270. The van der Waals surface area contributed by atoms with E-state index in [4.69, 9.17) is 34.8 Å². The summed E-state index contributed by atoms with van der Waals surface area (Å²) in [5, 5.41) is 19.0. The first kappa shape index (κ1) is 22.3. The van der Waals surface area contributed by atoms with Crippen molar-refractivity contribution >= 4 is 58.3 Å². The van der Waals surface area contributed by atoms with Crippen LogP contribution < -0.4 is 15.2 Å². The highest BCUT2D eigenvalue weighted by molar-refractivity contribution is 6.39. The molecule has 0 aliphatic carbocycles. The lowest BCUT2D eigenvalue weighted by atomic mass is 9.92. The number of fused-ring (bicyclic) bond motifs is 1. The van der Waals surface area contributed by atoms with E-state index in [1.807, 2.05) is 24.3 Å². The summed E-state index contributed by atoms with van der Waals surface area (Å²) in [7, 11) is 0. The van der Waals surface area contributed by atoms with Gasteiger partial charge in [0.1, 0.15) is 12.2 Å². The third-order valence-corrected chi connectivity index (χ3v) is 7.01. The predicted octanol–water partition coefficient (Wildman–Crippen LogP) is 6.93. The first-order valence-corrected chi connectivity index (χ1v) is 12.0. The van der Waals surface area contributed by atoms with E-state index in [-0.39, 0.29) is 6.02 Å². The zero-order valence-electron chi connectivity index (χ0n) is 17.8. The van der Waals surface area contributed by atoms with Crippen LogP contribution in [0.4, 0.5) is 11.4 Å². The summed E-state index contributed by atoms with van der Waals surface area (Å²) in [4.78, 5) is 0. The molecule has 168 valence electrons. The van der Waals surface area contributed by atoms with E-state index in [0.29, 0.717) is 27.3 Å². The molecule has 3 aromatic carbocycles. The molecule has 0 aromatic heterocycles. The number of amidine groups is 1. The second-order valence-corrected chi connectivity index (χ2v) is 9.40. The molecule has 1 saturated heterocycles. The van der Waals surface area contributed by atoms with Crippen LogP contribution in [-0.2, 0) is 6.54 Å². The molecule has 0 saturated carbocycles. The van der Waals surface area contributed by atoms with Crippen LogP contribution in [0, 0.1) is 0 Å². The molecule has 3 N–H and O–H groups in total. The summed E-state index contributed by atoms with van der Waals surface area (Å²) in [5.74, 6) is 0. The van der Waals surface area contributed by atoms with Crippen LogP contribution in [0.15, 0.2) is 60.2 Å². The fraction of sp³-hybridized carbons (Fsp3) is 0.192. The van der Waals surface area contributed by atoms with Gasteiger partial charge in [-0.05, 0) is 67.4 Å². The highest BCUT2D eigenvalue weighted by atomic mass is 35.5. The molecule has 2 aliphatic heterocycles. The minimum Gasteiger partial charge on any atom is -0.446 e. The van der Waals surface area contributed by atoms with Gasteiger partial charge in [-0.15, -0.1) is 0 Å². The number of benzene rings is 3. The third-order valence-electron chi connectivity index (χ3n) is 6.07. The van der Waals surface area contributed by atoms with Crippen LogP contribution in [0.1, 0.15) is 24.0 Å². The molecule has 0 amide bonds. The number of halogens is 3. The van der Waals surface area contributed by atoms with Crippen LogP contribution in [0.25, 0.3) is 17.2 Å². The van der Waals surface area contributed by atoms with E-state index in [9.17, 15) is 5.11 Å². The largest absolute Gasteiger partial charge is 0.452 e. The van der Waals surface area contributed by atoms with Crippen LogP contribution in [0.5, 0.6) is 0 Å². The highest BCUT2D eigenvalue weighted by Crippen LogP contribution is 2.42. The fourth-order valence-corrected chi connectivity index (χ4v) is 5.29. The van der Waals surface area contributed by atoms with E-state index in [0.717, 1.165) is 53.9 Å².